The number of alkyl halides is 3. The van der Waals surface area contributed by atoms with Crippen LogP contribution < -0.4 is 10.3 Å². The summed E-state index contributed by atoms with van der Waals surface area (Å²) in [7, 11) is 0. The van der Waals surface area contributed by atoms with Gasteiger partial charge in [-0.2, -0.15) is 18.4 Å². The summed E-state index contributed by atoms with van der Waals surface area (Å²) in [5, 5.41) is 9.27. The minimum absolute atomic E-state index is 0.135. The highest BCUT2D eigenvalue weighted by Crippen LogP contribution is 2.34. The van der Waals surface area contributed by atoms with Crippen molar-refractivity contribution in [1.82, 2.24) is 4.57 Å². The van der Waals surface area contributed by atoms with Gasteiger partial charge in [0.2, 0.25) is 0 Å². The maximum atomic E-state index is 14.3. The molecule has 36 heavy (non-hydrogen) atoms. The zero-order valence-electron chi connectivity index (χ0n) is 18.1. The van der Waals surface area contributed by atoms with E-state index in [-0.39, 0.29) is 22.6 Å². The molecule has 0 radical (unpaired) electrons. The normalized spacial score (nSPS) is 11.2. The van der Waals surface area contributed by atoms with Crippen LogP contribution in [0.15, 0.2) is 77.6 Å². The Morgan fingerprint density at radius 1 is 0.833 bits per heavy atom. The van der Waals surface area contributed by atoms with Gasteiger partial charge in [0.1, 0.15) is 40.6 Å². The van der Waals surface area contributed by atoms with Crippen LogP contribution in [0.3, 0.4) is 0 Å². The van der Waals surface area contributed by atoms with E-state index >= 15 is 0 Å². The number of hydrogen-bond acceptors (Lipinski definition) is 3. The lowest BCUT2D eigenvalue weighted by Gasteiger charge is -2.18. The first kappa shape index (κ1) is 24.6. The minimum Gasteiger partial charge on any atom is -0.457 e. The standard InChI is InChI=1S/C26H14F6N2O2/c27-17-5-9-20(10-6-17)36-19-7-2-15(3-8-19)24-12-22(26(30,31)32)21(13-33)25(35)34(24)14-16-1-4-18(28)11-23(16)29/h1-12H,14H2. The average Bonchev–Trinajstić information content (AvgIpc) is 2.83. The van der Waals surface area contributed by atoms with Gasteiger partial charge in [0.15, 0.2) is 0 Å². The number of nitriles is 1. The quantitative estimate of drug-likeness (QED) is 0.288. The van der Waals surface area contributed by atoms with Crippen molar-refractivity contribution in [3.05, 3.63) is 117 Å². The summed E-state index contributed by atoms with van der Waals surface area (Å²) in [4.78, 5) is 13.0. The number of hydrogen-bond donors (Lipinski definition) is 0. The van der Waals surface area contributed by atoms with Gasteiger partial charge in [0, 0.05) is 11.6 Å². The summed E-state index contributed by atoms with van der Waals surface area (Å²) in [6.07, 6.45) is -5.01. The molecule has 4 rings (SSSR count). The number of ether oxygens (including phenoxy) is 1. The molecule has 0 saturated carbocycles. The van der Waals surface area contributed by atoms with Crippen molar-refractivity contribution in [3.8, 4) is 28.8 Å². The number of halogens is 6. The molecule has 0 amide bonds. The van der Waals surface area contributed by atoms with Crippen molar-refractivity contribution in [2.24, 2.45) is 0 Å². The zero-order valence-corrected chi connectivity index (χ0v) is 18.1. The van der Waals surface area contributed by atoms with E-state index < -0.39 is 46.9 Å². The molecule has 3 aromatic carbocycles. The SMILES string of the molecule is N#Cc1c(C(F)(F)F)cc(-c2ccc(Oc3ccc(F)cc3)cc2)n(Cc2ccc(F)cc2F)c1=O. The number of nitrogens with zero attached hydrogens (tertiary/aromatic N) is 2. The molecule has 0 bridgehead atoms. The molecule has 0 saturated heterocycles. The van der Waals surface area contributed by atoms with Crippen molar-refractivity contribution in [3.63, 3.8) is 0 Å². The van der Waals surface area contributed by atoms with Crippen LogP contribution in [0.2, 0.25) is 0 Å². The Morgan fingerprint density at radius 2 is 1.42 bits per heavy atom. The first-order valence-electron chi connectivity index (χ1n) is 10.3. The molecule has 4 aromatic rings. The maximum Gasteiger partial charge on any atom is 0.417 e. The summed E-state index contributed by atoms with van der Waals surface area (Å²) >= 11 is 0. The van der Waals surface area contributed by atoms with Crippen LogP contribution in [0, 0.1) is 28.8 Å². The van der Waals surface area contributed by atoms with E-state index in [1.54, 1.807) is 0 Å². The predicted octanol–water partition coefficient (Wildman–Crippen LogP) is 6.66. The van der Waals surface area contributed by atoms with E-state index in [4.69, 9.17) is 4.74 Å². The van der Waals surface area contributed by atoms with Crippen LogP contribution >= 0.6 is 0 Å². The molecular weight excluding hydrogens is 486 g/mol. The number of aromatic nitrogens is 1. The van der Waals surface area contributed by atoms with E-state index in [2.05, 4.69) is 0 Å². The lowest BCUT2D eigenvalue weighted by Crippen LogP contribution is -2.29. The van der Waals surface area contributed by atoms with Crippen molar-refractivity contribution < 1.29 is 31.1 Å². The summed E-state index contributed by atoms with van der Waals surface area (Å²) < 4.78 is 88.1. The highest BCUT2D eigenvalue weighted by molar-refractivity contribution is 5.63. The molecule has 10 heteroatoms. The lowest BCUT2D eigenvalue weighted by molar-refractivity contribution is -0.137. The van der Waals surface area contributed by atoms with Gasteiger partial charge in [-0.05, 0) is 66.2 Å². The van der Waals surface area contributed by atoms with Gasteiger partial charge in [-0.3, -0.25) is 4.79 Å². The maximum absolute atomic E-state index is 14.3. The minimum atomic E-state index is -5.01. The van der Waals surface area contributed by atoms with Crippen LogP contribution in [-0.2, 0) is 12.7 Å². The first-order valence-corrected chi connectivity index (χ1v) is 10.3. The Balaban J connectivity index is 1.82. The molecule has 1 heterocycles. The molecule has 182 valence electrons. The van der Waals surface area contributed by atoms with Crippen molar-refractivity contribution in [1.29, 1.82) is 5.26 Å². The van der Waals surface area contributed by atoms with Gasteiger partial charge < -0.3 is 9.30 Å². The Bertz CT molecular complexity index is 1520. The smallest absolute Gasteiger partial charge is 0.417 e. The van der Waals surface area contributed by atoms with Gasteiger partial charge in [0.25, 0.3) is 5.56 Å². The Labute approximate surface area is 200 Å². The Morgan fingerprint density at radius 3 is 1.97 bits per heavy atom. The fraction of sp³-hybridized carbons (Fsp3) is 0.0769. The van der Waals surface area contributed by atoms with Gasteiger partial charge in [-0.25, -0.2) is 13.2 Å². The van der Waals surface area contributed by atoms with Gasteiger partial charge >= 0.3 is 6.18 Å². The third-order valence-electron chi connectivity index (χ3n) is 5.26. The number of benzene rings is 3. The third-order valence-corrected chi connectivity index (χ3v) is 5.26. The van der Waals surface area contributed by atoms with Crippen LogP contribution in [0.5, 0.6) is 11.5 Å². The summed E-state index contributed by atoms with van der Waals surface area (Å²) in [5.74, 6) is -1.76. The fourth-order valence-electron chi connectivity index (χ4n) is 3.53. The number of pyridine rings is 1. The largest absolute Gasteiger partial charge is 0.457 e. The Kier molecular flexibility index (Phi) is 6.57. The topological polar surface area (TPSA) is 55.0 Å². The molecule has 0 aliphatic rings. The van der Waals surface area contributed by atoms with Crippen molar-refractivity contribution in [2.45, 2.75) is 12.7 Å². The second-order valence-electron chi connectivity index (χ2n) is 7.64. The summed E-state index contributed by atoms with van der Waals surface area (Å²) in [5.41, 5.74) is -4.14. The van der Waals surface area contributed by atoms with E-state index in [0.717, 1.165) is 16.7 Å². The Hall–Kier alpha value is -4.52. The second-order valence-corrected chi connectivity index (χ2v) is 7.64. The first-order chi connectivity index (χ1) is 17.1. The second kappa shape index (κ2) is 9.62. The molecule has 0 fully saturated rings. The molecule has 0 spiro atoms. The monoisotopic (exact) mass is 500 g/mol. The molecule has 1 aromatic heterocycles. The number of rotatable bonds is 5. The van der Waals surface area contributed by atoms with E-state index in [1.807, 2.05) is 0 Å². The molecule has 4 nitrogen and oxygen atoms in total. The highest BCUT2D eigenvalue weighted by Gasteiger charge is 2.36. The highest BCUT2D eigenvalue weighted by atomic mass is 19.4. The van der Waals surface area contributed by atoms with Gasteiger partial charge in [-0.1, -0.05) is 6.07 Å². The predicted molar refractivity (Wildman–Crippen MR) is 118 cm³/mol. The van der Waals surface area contributed by atoms with Crippen LogP contribution in [-0.4, -0.2) is 4.57 Å². The van der Waals surface area contributed by atoms with Gasteiger partial charge in [-0.15, -0.1) is 0 Å². The zero-order chi connectivity index (χ0) is 26.0. The molecule has 0 N–H and O–H groups in total. The van der Waals surface area contributed by atoms with Crippen molar-refractivity contribution in [2.75, 3.05) is 0 Å². The third kappa shape index (κ3) is 5.10. The lowest BCUT2D eigenvalue weighted by atomic mass is 10.0. The van der Waals surface area contributed by atoms with Crippen LogP contribution in [0.1, 0.15) is 16.7 Å². The molecule has 0 atom stereocenters. The van der Waals surface area contributed by atoms with Gasteiger partial charge in [0.05, 0.1) is 17.8 Å². The van der Waals surface area contributed by atoms with Crippen molar-refractivity contribution >= 4 is 0 Å². The van der Waals surface area contributed by atoms with Crippen LogP contribution in [0.25, 0.3) is 11.3 Å². The van der Waals surface area contributed by atoms with Crippen LogP contribution in [0.4, 0.5) is 26.3 Å². The molecule has 0 aliphatic heterocycles. The summed E-state index contributed by atoms with van der Waals surface area (Å²) in [6.45, 7) is -0.555. The molecule has 0 aliphatic carbocycles. The average molecular weight is 500 g/mol. The van der Waals surface area contributed by atoms with E-state index in [1.165, 1.54) is 54.6 Å². The molecule has 0 unspecified atom stereocenters. The summed E-state index contributed by atoms with van der Waals surface area (Å²) in [6, 6.07) is 15.2. The molecular formula is C26H14F6N2O2. The van der Waals surface area contributed by atoms with E-state index in [9.17, 15) is 36.4 Å². The fourth-order valence-corrected chi connectivity index (χ4v) is 3.53. The van der Waals surface area contributed by atoms with E-state index in [0.29, 0.717) is 17.9 Å².